The molecule has 1 aliphatic rings. The Hall–Kier alpha value is -0.530. The first-order valence-electron chi connectivity index (χ1n) is 11.5. The smallest absolute Gasteiger partial charge is 0.303 e. The van der Waals surface area contributed by atoms with Gasteiger partial charge >= 0.3 is 5.97 Å². The number of unbranched alkanes of at least 4 members (excludes halogenated alkanes) is 13. The zero-order valence-electron chi connectivity index (χ0n) is 16.9. The highest BCUT2D eigenvalue weighted by atomic mass is 16.4. The third kappa shape index (κ3) is 14.3. The van der Waals surface area contributed by atoms with Gasteiger partial charge in [-0.25, -0.2) is 0 Å². The molecule has 0 aromatic carbocycles. The Kier molecular flexibility index (Phi) is 14.1. The quantitative estimate of drug-likeness (QED) is 0.241. The largest absolute Gasteiger partial charge is 0.481 e. The number of rotatable bonds is 19. The Morgan fingerprint density at radius 3 is 1.52 bits per heavy atom. The van der Waals surface area contributed by atoms with Gasteiger partial charge in [-0.2, -0.15) is 0 Å². The molecule has 1 rings (SSSR count). The summed E-state index contributed by atoms with van der Waals surface area (Å²) in [5.74, 6) is 1.53. The van der Waals surface area contributed by atoms with Gasteiger partial charge in [-0.15, -0.1) is 0 Å². The van der Waals surface area contributed by atoms with Crippen LogP contribution in [0.4, 0.5) is 0 Å². The molecular formula is C23H44O2. The van der Waals surface area contributed by atoms with Crippen molar-refractivity contribution in [2.75, 3.05) is 0 Å². The number of carboxylic acids is 1. The van der Waals surface area contributed by atoms with Crippen molar-refractivity contribution in [3.05, 3.63) is 0 Å². The third-order valence-corrected chi connectivity index (χ3v) is 5.96. The highest BCUT2D eigenvalue weighted by Crippen LogP contribution is 2.45. The highest BCUT2D eigenvalue weighted by molar-refractivity contribution is 5.66. The summed E-state index contributed by atoms with van der Waals surface area (Å²) in [6.07, 6.45) is 25.0. The molecule has 0 radical (unpaired) electrons. The standard InChI is InChI=1S/C23H44O2/c1-2-3-4-5-11-14-17-21-20-22(21)18-15-12-9-7-6-8-10-13-16-19-23(24)25/h21-22H,2-20H2,1H3,(H,24,25). The van der Waals surface area contributed by atoms with Crippen LogP contribution < -0.4 is 0 Å². The van der Waals surface area contributed by atoms with Crippen LogP contribution in [0.1, 0.15) is 129 Å². The van der Waals surface area contributed by atoms with E-state index in [0.29, 0.717) is 6.42 Å². The predicted molar refractivity (Wildman–Crippen MR) is 108 cm³/mol. The SMILES string of the molecule is CCCCCCCCC1CC1CCCCCCCCCCCC(=O)O. The van der Waals surface area contributed by atoms with Gasteiger partial charge in [0.15, 0.2) is 0 Å². The molecule has 1 saturated carbocycles. The monoisotopic (exact) mass is 352 g/mol. The van der Waals surface area contributed by atoms with E-state index >= 15 is 0 Å². The lowest BCUT2D eigenvalue weighted by Crippen LogP contribution is -1.93. The Morgan fingerprint density at radius 1 is 0.680 bits per heavy atom. The van der Waals surface area contributed by atoms with Crippen LogP contribution in [-0.4, -0.2) is 11.1 Å². The van der Waals surface area contributed by atoms with Gasteiger partial charge in [0, 0.05) is 6.42 Å². The summed E-state index contributed by atoms with van der Waals surface area (Å²) in [6.45, 7) is 2.29. The maximum absolute atomic E-state index is 10.4. The van der Waals surface area contributed by atoms with Gasteiger partial charge < -0.3 is 5.11 Å². The van der Waals surface area contributed by atoms with Crippen molar-refractivity contribution in [3.8, 4) is 0 Å². The second-order valence-electron chi connectivity index (χ2n) is 8.43. The van der Waals surface area contributed by atoms with Crippen LogP contribution in [0.15, 0.2) is 0 Å². The number of carboxylic acid groups (broad SMARTS) is 1. The minimum absolute atomic E-state index is 0.348. The van der Waals surface area contributed by atoms with Crippen LogP contribution in [0.3, 0.4) is 0 Å². The maximum atomic E-state index is 10.4. The molecule has 2 heteroatoms. The first-order valence-corrected chi connectivity index (χ1v) is 11.5. The summed E-state index contributed by atoms with van der Waals surface area (Å²) < 4.78 is 0. The van der Waals surface area contributed by atoms with E-state index in [1.54, 1.807) is 0 Å². The molecule has 0 aromatic rings. The molecule has 1 aliphatic carbocycles. The normalized spacial score (nSPS) is 19.2. The van der Waals surface area contributed by atoms with E-state index in [4.69, 9.17) is 5.11 Å². The van der Waals surface area contributed by atoms with Crippen LogP contribution in [0.2, 0.25) is 0 Å². The number of aliphatic carboxylic acids is 1. The molecule has 0 aliphatic heterocycles. The van der Waals surface area contributed by atoms with Crippen molar-refractivity contribution in [1.29, 1.82) is 0 Å². The molecule has 0 aromatic heterocycles. The highest BCUT2D eigenvalue weighted by Gasteiger charge is 2.34. The molecular weight excluding hydrogens is 308 g/mol. The summed E-state index contributed by atoms with van der Waals surface area (Å²) in [7, 11) is 0. The van der Waals surface area contributed by atoms with Gasteiger partial charge in [-0.05, 0) is 24.7 Å². The van der Waals surface area contributed by atoms with Crippen LogP contribution >= 0.6 is 0 Å². The summed E-state index contributed by atoms with van der Waals surface area (Å²) in [5.41, 5.74) is 0. The second kappa shape index (κ2) is 15.7. The first kappa shape index (κ1) is 22.5. The molecule has 0 heterocycles. The summed E-state index contributed by atoms with van der Waals surface area (Å²) in [5, 5.41) is 8.58. The summed E-state index contributed by atoms with van der Waals surface area (Å²) in [6, 6.07) is 0. The van der Waals surface area contributed by atoms with Crippen LogP contribution in [-0.2, 0) is 4.79 Å². The fourth-order valence-corrected chi connectivity index (χ4v) is 4.12. The van der Waals surface area contributed by atoms with E-state index in [1.165, 1.54) is 103 Å². The van der Waals surface area contributed by atoms with Crippen molar-refractivity contribution in [2.45, 2.75) is 129 Å². The summed E-state index contributed by atoms with van der Waals surface area (Å²) in [4.78, 5) is 10.4. The molecule has 2 atom stereocenters. The Bertz CT molecular complexity index is 313. The molecule has 0 amide bonds. The molecule has 0 saturated heterocycles. The molecule has 1 fully saturated rings. The summed E-state index contributed by atoms with van der Waals surface area (Å²) >= 11 is 0. The van der Waals surface area contributed by atoms with E-state index < -0.39 is 5.97 Å². The van der Waals surface area contributed by atoms with Crippen molar-refractivity contribution in [1.82, 2.24) is 0 Å². The van der Waals surface area contributed by atoms with Crippen LogP contribution in [0.5, 0.6) is 0 Å². The average molecular weight is 353 g/mol. The van der Waals surface area contributed by atoms with E-state index in [0.717, 1.165) is 24.7 Å². The first-order chi connectivity index (χ1) is 12.2. The van der Waals surface area contributed by atoms with E-state index in [2.05, 4.69) is 6.92 Å². The number of hydrogen-bond acceptors (Lipinski definition) is 1. The topological polar surface area (TPSA) is 37.3 Å². The van der Waals surface area contributed by atoms with Gasteiger partial charge in [-0.1, -0.05) is 110 Å². The zero-order chi connectivity index (χ0) is 18.2. The van der Waals surface area contributed by atoms with Crippen LogP contribution in [0.25, 0.3) is 0 Å². The Balaban J connectivity index is 1.72. The maximum Gasteiger partial charge on any atom is 0.303 e. The zero-order valence-corrected chi connectivity index (χ0v) is 16.9. The van der Waals surface area contributed by atoms with E-state index in [-0.39, 0.29) is 0 Å². The van der Waals surface area contributed by atoms with E-state index in [1.807, 2.05) is 0 Å². The van der Waals surface area contributed by atoms with Gasteiger partial charge in [0.25, 0.3) is 0 Å². The van der Waals surface area contributed by atoms with Gasteiger partial charge in [0.1, 0.15) is 0 Å². The third-order valence-electron chi connectivity index (χ3n) is 5.96. The van der Waals surface area contributed by atoms with Gasteiger partial charge in [0.05, 0.1) is 0 Å². The number of hydrogen-bond donors (Lipinski definition) is 1. The lowest BCUT2D eigenvalue weighted by molar-refractivity contribution is -0.137. The molecule has 0 bridgehead atoms. The Morgan fingerprint density at radius 2 is 1.08 bits per heavy atom. The van der Waals surface area contributed by atoms with Crippen molar-refractivity contribution >= 4 is 5.97 Å². The molecule has 2 nitrogen and oxygen atoms in total. The van der Waals surface area contributed by atoms with Crippen molar-refractivity contribution < 1.29 is 9.90 Å². The fraction of sp³-hybridized carbons (Fsp3) is 0.957. The molecule has 25 heavy (non-hydrogen) atoms. The average Bonchev–Trinajstić information content (AvgIpc) is 3.34. The lowest BCUT2D eigenvalue weighted by Gasteiger charge is -2.03. The minimum Gasteiger partial charge on any atom is -0.481 e. The number of carbonyl (C=O) groups is 1. The van der Waals surface area contributed by atoms with Gasteiger partial charge in [0.2, 0.25) is 0 Å². The van der Waals surface area contributed by atoms with Gasteiger partial charge in [-0.3, -0.25) is 4.79 Å². The lowest BCUT2D eigenvalue weighted by atomic mass is 10.0. The van der Waals surface area contributed by atoms with Crippen LogP contribution in [0, 0.1) is 11.8 Å². The predicted octanol–water partition coefficient (Wildman–Crippen LogP) is 7.75. The molecule has 1 N–H and O–H groups in total. The molecule has 0 spiro atoms. The Labute approximate surface area is 157 Å². The van der Waals surface area contributed by atoms with E-state index in [9.17, 15) is 4.79 Å². The van der Waals surface area contributed by atoms with Crippen molar-refractivity contribution in [3.63, 3.8) is 0 Å². The fourth-order valence-electron chi connectivity index (χ4n) is 4.12. The molecule has 148 valence electrons. The molecule has 2 unspecified atom stereocenters. The minimum atomic E-state index is -0.648. The van der Waals surface area contributed by atoms with Crippen molar-refractivity contribution in [2.24, 2.45) is 11.8 Å². The second-order valence-corrected chi connectivity index (χ2v) is 8.43.